The second kappa shape index (κ2) is 5.32. The molecule has 0 spiro atoms. The minimum Gasteiger partial charge on any atom is -0.454 e. The van der Waals surface area contributed by atoms with Crippen LogP contribution < -0.4 is 20.5 Å². The summed E-state index contributed by atoms with van der Waals surface area (Å²) in [5, 5.41) is 2.71. The lowest BCUT2D eigenvalue weighted by atomic mass is 10.1. The molecule has 3 rings (SSSR count). The number of nitrogens with two attached hydrogens (primary N) is 1. The zero-order chi connectivity index (χ0) is 14.8. The Kier molecular flexibility index (Phi) is 3.35. The van der Waals surface area contributed by atoms with Crippen LogP contribution in [0.4, 0.5) is 10.1 Å². The van der Waals surface area contributed by atoms with Crippen molar-refractivity contribution in [2.24, 2.45) is 0 Å². The number of anilines is 1. The van der Waals surface area contributed by atoms with E-state index in [1.807, 2.05) is 6.07 Å². The van der Waals surface area contributed by atoms with Gasteiger partial charge in [-0.3, -0.25) is 4.79 Å². The number of hydrogen-bond acceptors (Lipinski definition) is 4. The zero-order valence-corrected chi connectivity index (χ0v) is 11.1. The van der Waals surface area contributed by atoms with E-state index in [9.17, 15) is 9.18 Å². The van der Waals surface area contributed by atoms with Crippen LogP contribution in [0.1, 0.15) is 15.9 Å². The van der Waals surface area contributed by atoms with Gasteiger partial charge in [0.25, 0.3) is 5.91 Å². The van der Waals surface area contributed by atoms with Crippen molar-refractivity contribution in [3.8, 4) is 11.5 Å². The van der Waals surface area contributed by atoms with Gasteiger partial charge in [0.1, 0.15) is 5.82 Å². The molecule has 21 heavy (non-hydrogen) atoms. The molecule has 2 aromatic carbocycles. The molecule has 2 aromatic rings. The molecule has 0 saturated carbocycles. The number of ether oxygens (including phenoxy) is 2. The molecule has 1 amide bonds. The molecule has 0 radical (unpaired) electrons. The molecule has 108 valence electrons. The number of amides is 1. The van der Waals surface area contributed by atoms with Crippen LogP contribution in [0.3, 0.4) is 0 Å². The lowest BCUT2D eigenvalue weighted by Gasteiger charge is -2.07. The number of benzene rings is 2. The molecule has 0 bridgehead atoms. The van der Waals surface area contributed by atoms with E-state index in [1.165, 1.54) is 12.1 Å². The van der Waals surface area contributed by atoms with E-state index in [4.69, 9.17) is 15.2 Å². The SMILES string of the molecule is Nc1ccc(C(=O)NCc2ccc3c(c2)OCO3)cc1F. The van der Waals surface area contributed by atoms with Crippen LogP contribution in [0.25, 0.3) is 0 Å². The summed E-state index contributed by atoms with van der Waals surface area (Å²) in [4.78, 5) is 11.9. The number of rotatable bonds is 3. The highest BCUT2D eigenvalue weighted by Gasteiger charge is 2.14. The number of carbonyl (C=O) groups is 1. The minimum absolute atomic E-state index is 0.0160. The van der Waals surface area contributed by atoms with Crippen LogP contribution in [0, 0.1) is 5.82 Å². The van der Waals surface area contributed by atoms with Gasteiger partial charge >= 0.3 is 0 Å². The lowest BCUT2D eigenvalue weighted by molar-refractivity contribution is 0.0950. The largest absolute Gasteiger partial charge is 0.454 e. The Bertz CT molecular complexity index is 703. The van der Waals surface area contributed by atoms with Crippen molar-refractivity contribution in [2.75, 3.05) is 12.5 Å². The maximum Gasteiger partial charge on any atom is 0.251 e. The van der Waals surface area contributed by atoms with Gasteiger partial charge in [-0.25, -0.2) is 4.39 Å². The summed E-state index contributed by atoms with van der Waals surface area (Å²) in [6.07, 6.45) is 0. The van der Waals surface area contributed by atoms with Crippen molar-refractivity contribution in [1.29, 1.82) is 0 Å². The molecule has 0 aromatic heterocycles. The molecule has 3 N–H and O–H groups in total. The van der Waals surface area contributed by atoms with Crippen molar-refractivity contribution >= 4 is 11.6 Å². The zero-order valence-electron chi connectivity index (χ0n) is 11.1. The first-order chi connectivity index (χ1) is 10.1. The van der Waals surface area contributed by atoms with Crippen molar-refractivity contribution in [3.63, 3.8) is 0 Å². The second-order valence-electron chi connectivity index (χ2n) is 4.61. The maximum atomic E-state index is 13.3. The van der Waals surface area contributed by atoms with Gasteiger partial charge in [0.2, 0.25) is 6.79 Å². The molecule has 0 fully saturated rings. The summed E-state index contributed by atoms with van der Waals surface area (Å²) in [5.41, 5.74) is 6.48. The fourth-order valence-corrected chi connectivity index (χ4v) is 2.00. The van der Waals surface area contributed by atoms with Gasteiger partial charge in [-0.1, -0.05) is 6.07 Å². The van der Waals surface area contributed by atoms with Crippen LogP contribution in [0.2, 0.25) is 0 Å². The highest BCUT2D eigenvalue weighted by molar-refractivity contribution is 5.94. The number of hydrogen-bond donors (Lipinski definition) is 2. The molecule has 0 unspecified atom stereocenters. The highest BCUT2D eigenvalue weighted by Crippen LogP contribution is 2.32. The van der Waals surface area contributed by atoms with Gasteiger partial charge in [0.15, 0.2) is 11.5 Å². The number of halogens is 1. The molecule has 0 saturated heterocycles. The molecular weight excluding hydrogens is 275 g/mol. The molecule has 0 atom stereocenters. The summed E-state index contributed by atoms with van der Waals surface area (Å²) in [6, 6.07) is 9.37. The average Bonchev–Trinajstić information content (AvgIpc) is 2.95. The van der Waals surface area contributed by atoms with Gasteiger partial charge in [-0.2, -0.15) is 0 Å². The fraction of sp³-hybridized carbons (Fsp3) is 0.133. The Balaban J connectivity index is 1.67. The summed E-state index contributed by atoms with van der Waals surface area (Å²) >= 11 is 0. The summed E-state index contributed by atoms with van der Waals surface area (Å²) in [7, 11) is 0. The van der Waals surface area contributed by atoms with E-state index >= 15 is 0 Å². The van der Waals surface area contributed by atoms with Crippen LogP contribution >= 0.6 is 0 Å². The van der Waals surface area contributed by atoms with Crippen LogP contribution in [-0.4, -0.2) is 12.7 Å². The quantitative estimate of drug-likeness (QED) is 0.848. The Labute approximate surface area is 120 Å². The maximum absolute atomic E-state index is 13.3. The predicted molar refractivity (Wildman–Crippen MR) is 74.5 cm³/mol. The number of carbonyl (C=O) groups excluding carboxylic acids is 1. The third-order valence-corrected chi connectivity index (χ3v) is 3.15. The first-order valence-electron chi connectivity index (χ1n) is 6.35. The van der Waals surface area contributed by atoms with Crippen molar-refractivity contribution in [1.82, 2.24) is 5.32 Å². The van der Waals surface area contributed by atoms with E-state index in [-0.39, 0.29) is 24.0 Å². The number of fused-ring (bicyclic) bond motifs is 1. The topological polar surface area (TPSA) is 73.6 Å². The van der Waals surface area contributed by atoms with Gasteiger partial charge in [0.05, 0.1) is 5.69 Å². The Morgan fingerprint density at radius 1 is 1.19 bits per heavy atom. The van der Waals surface area contributed by atoms with E-state index in [1.54, 1.807) is 12.1 Å². The molecular formula is C15H13FN2O3. The average molecular weight is 288 g/mol. The predicted octanol–water partition coefficient (Wildman–Crippen LogP) is 2.07. The molecule has 0 aliphatic carbocycles. The van der Waals surface area contributed by atoms with Crippen LogP contribution in [0.5, 0.6) is 11.5 Å². The monoisotopic (exact) mass is 288 g/mol. The highest BCUT2D eigenvalue weighted by atomic mass is 19.1. The summed E-state index contributed by atoms with van der Waals surface area (Å²) in [5.74, 6) is 0.364. The third-order valence-electron chi connectivity index (χ3n) is 3.15. The molecule has 5 nitrogen and oxygen atoms in total. The smallest absolute Gasteiger partial charge is 0.251 e. The van der Waals surface area contributed by atoms with Gasteiger partial charge in [-0.05, 0) is 35.9 Å². The normalized spacial score (nSPS) is 12.2. The fourth-order valence-electron chi connectivity index (χ4n) is 2.00. The van der Waals surface area contributed by atoms with Crippen molar-refractivity contribution in [2.45, 2.75) is 6.54 Å². The van der Waals surface area contributed by atoms with E-state index in [0.29, 0.717) is 18.0 Å². The standard InChI is InChI=1S/C15H13FN2O3/c16-11-6-10(2-3-12(11)17)15(19)18-7-9-1-4-13-14(5-9)21-8-20-13/h1-6H,7-8,17H2,(H,18,19). The van der Waals surface area contributed by atoms with E-state index < -0.39 is 5.82 Å². The first kappa shape index (κ1) is 13.2. The Hall–Kier alpha value is -2.76. The molecule has 6 heteroatoms. The van der Waals surface area contributed by atoms with Gasteiger partial charge in [-0.15, -0.1) is 0 Å². The summed E-state index contributed by atoms with van der Waals surface area (Å²) < 4.78 is 23.8. The summed E-state index contributed by atoms with van der Waals surface area (Å²) in [6.45, 7) is 0.511. The van der Waals surface area contributed by atoms with E-state index in [0.717, 1.165) is 11.6 Å². The third kappa shape index (κ3) is 2.74. The van der Waals surface area contributed by atoms with Gasteiger partial charge < -0.3 is 20.5 Å². The minimum atomic E-state index is -0.606. The Morgan fingerprint density at radius 3 is 2.81 bits per heavy atom. The van der Waals surface area contributed by atoms with Crippen molar-refractivity contribution < 1.29 is 18.7 Å². The first-order valence-corrected chi connectivity index (χ1v) is 6.35. The lowest BCUT2D eigenvalue weighted by Crippen LogP contribution is -2.22. The molecule has 1 aliphatic rings. The number of nitrogens with one attached hydrogen (secondary N) is 1. The second-order valence-corrected chi connectivity index (χ2v) is 4.61. The van der Waals surface area contributed by atoms with E-state index in [2.05, 4.69) is 5.32 Å². The van der Waals surface area contributed by atoms with Crippen LogP contribution in [-0.2, 0) is 6.54 Å². The van der Waals surface area contributed by atoms with Crippen LogP contribution in [0.15, 0.2) is 36.4 Å². The molecule has 1 aliphatic heterocycles. The number of nitrogen functional groups attached to an aromatic ring is 1. The van der Waals surface area contributed by atoms with Crippen molar-refractivity contribution in [3.05, 3.63) is 53.3 Å². The van der Waals surface area contributed by atoms with Gasteiger partial charge in [0, 0.05) is 12.1 Å². The molecule has 1 heterocycles. The Morgan fingerprint density at radius 2 is 2.00 bits per heavy atom.